The highest BCUT2D eigenvalue weighted by molar-refractivity contribution is 7.96. The number of aromatic nitrogens is 2. The lowest BCUT2D eigenvalue weighted by molar-refractivity contribution is 0.00258. The van der Waals surface area contributed by atoms with Crippen LogP contribution in [0.1, 0.15) is 21.6 Å². The molecule has 1 aromatic heterocycles. The van der Waals surface area contributed by atoms with Crippen LogP contribution in [0.4, 0.5) is 5.82 Å². The number of carbonyl (C=O) groups is 1. The van der Waals surface area contributed by atoms with E-state index in [0.717, 1.165) is 39.1 Å². The Labute approximate surface area is 204 Å². The molecule has 184 valence electrons. The molecule has 2 aromatic rings. The molecule has 2 aliphatic heterocycles. The summed E-state index contributed by atoms with van der Waals surface area (Å²) in [5.41, 5.74) is 2.94. The second kappa shape index (κ2) is 11.9. The number of hydrogen-bond acceptors (Lipinski definition) is 10. The Bertz CT molecular complexity index is 960. The van der Waals surface area contributed by atoms with Crippen LogP contribution in [0, 0.1) is 0 Å². The van der Waals surface area contributed by atoms with Crippen LogP contribution >= 0.6 is 11.9 Å². The Morgan fingerprint density at radius 2 is 2.06 bits per heavy atom. The number of amides is 1. The van der Waals surface area contributed by atoms with Crippen molar-refractivity contribution in [1.82, 2.24) is 29.6 Å². The summed E-state index contributed by atoms with van der Waals surface area (Å²) in [6.07, 6.45) is 3.52. The third-order valence-corrected chi connectivity index (χ3v) is 6.81. The molecule has 0 radical (unpaired) electrons. The van der Waals surface area contributed by atoms with Crippen LogP contribution in [-0.4, -0.2) is 105 Å². The van der Waals surface area contributed by atoms with Gasteiger partial charge >= 0.3 is 0 Å². The first-order chi connectivity index (χ1) is 16.5. The minimum absolute atomic E-state index is 0.166. The number of nitrogens with zero attached hydrogens (tertiary/aromatic N) is 5. The number of aliphatic hydroxyl groups is 1. The van der Waals surface area contributed by atoms with Crippen molar-refractivity contribution in [3.63, 3.8) is 0 Å². The minimum atomic E-state index is -0.657. The summed E-state index contributed by atoms with van der Waals surface area (Å²) in [4.78, 5) is 25.3. The van der Waals surface area contributed by atoms with Crippen molar-refractivity contribution in [1.29, 1.82) is 0 Å². The zero-order chi connectivity index (χ0) is 23.9. The standard InChI is InChI=1S/C23H33N7O3S/c1-34-30(33)9-8-29-13-19(14-29)27-22-10-21(25-16-26-22)23(32)24-11-20(31)15-28-7-6-17-4-2-3-5-18(17)12-28/h2-5,10,16,19-20,31,33H,6-9,11-15H2,1H3,(H,24,32)(H,25,26,27). The Morgan fingerprint density at radius 3 is 2.85 bits per heavy atom. The molecule has 0 aliphatic carbocycles. The largest absolute Gasteiger partial charge is 0.390 e. The van der Waals surface area contributed by atoms with Gasteiger partial charge in [0.15, 0.2) is 0 Å². The molecular formula is C23H33N7O3S. The van der Waals surface area contributed by atoms with Crippen LogP contribution in [0.5, 0.6) is 0 Å². The summed E-state index contributed by atoms with van der Waals surface area (Å²) >= 11 is 1.29. The SMILES string of the molecule is CSN(O)CCN1CC(Nc2cc(C(=O)NCC(O)CN3CCc4ccccc4C3)ncn2)C1. The molecule has 1 saturated heterocycles. The summed E-state index contributed by atoms with van der Waals surface area (Å²) in [6.45, 7) is 5.46. The Balaban J connectivity index is 1.18. The van der Waals surface area contributed by atoms with E-state index in [4.69, 9.17) is 0 Å². The fourth-order valence-electron chi connectivity index (χ4n) is 4.31. The summed E-state index contributed by atoms with van der Waals surface area (Å²) in [7, 11) is 0. The number of benzene rings is 1. The molecule has 4 N–H and O–H groups in total. The molecule has 2 aliphatic rings. The lowest BCUT2D eigenvalue weighted by Gasteiger charge is -2.40. The Morgan fingerprint density at radius 1 is 1.26 bits per heavy atom. The highest BCUT2D eigenvalue weighted by Crippen LogP contribution is 2.18. The second-order valence-corrected chi connectivity index (χ2v) is 9.55. The third kappa shape index (κ3) is 6.87. The molecule has 1 atom stereocenters. The van der Waals surface area contributed by atoms with Crippen molar-refractivity contribution in [2.45, 2.75) is 25.1 Å². The van der Waals surface area contributed by atoms with E-state index in [2.05, 4.69) is 48.6 Å². The molecule has 34 heavy (non-hydrogen) atoms. The smallest absolute Gasteiger partial charge is 0.270 e. The van der Waals surface area contributed by atoms with Gasteiger partial charge in [0.05, 0.1) is 12.1 Å². The second-order valence-electron chi connectivity index (χ2n) is 8.77. The molecule has 0 bridgehead atoms. The van der Waals surface area contributed by atoms with Crippen LogP contribution in [0.2, 0.25) is 0 Å². The summed E-state index contributed by atoms with van der Waals surface area (Å²) in [5.74, 6) is 0.272. The molecule has 4 rings (SSSR count). The maximum absolute atomic E-state index is 12.6. The van der Waals surface area contributed by atoms with Crippen LogP contribution < -0.4 is 10.6 Å². The Kier molecular flexibility index (Phi) is 8.70. The lowest BCUT2D eigenvalue weighted by atomic mass is 10.00. The molecule has 0 spiro atoms. The van der Waals surface area contributed by atoms with Crippen molar-refractivity contribution < 1.29 is 15.1 Å². The molecule has 0 saturated carbocycles. The van der Waals surface area contributed by atoms with Crippen molar-refractivity contribution in [3.8, 4) is 0 Å². The molecule has 11 heteroatoms. The first-order valence-corrected chi connectivity index (χ1v) is 12.7. The number of fused-ring (bicyclic) bond motifs is 1. The van der Waals surface area contributed by atoms with Crippen LogP contribution in [0.3, 0.4) is 0 Å². The van der Waals surface area contributed by atoms with Gasteiger partial charge in [0.1, 0.15) is 17.8 Å². The quantitative estimate of drug-likeness (QED) is 0.266. The van der Waals surface area contributed by atoms with E-state index in [1.807, 2.05) is 12.3 Å². The molecule has 3 heterocycles. The van der Waals surface area contributed by atoms with E-state index in [9.17, 15) is 15.1 Å². The highest BCUT2D eigenvalue weighted by atomic mass is 32.2. The minimum Gasteiger partial charge on any atom is -0.390 e. The van der Waals surface area contributed by atoms with Crippen molar-refractivity contribution in [2.75, 3.05) is 57.4 Å². The van der Waals surface area contributed by atoms with Crippen LogP contribution in [0.15, 0.2) is 36.7 Å². The van der Waals surface area contributed by atoms with Gasteiger partial charge in [-0.25, -0.2) is 9.97 Å². The number of carbonyl (C=O) groups excluding carboxylic acids is 1. The first kappa shape index (κ1) is 24.8. The van der Waals surface area contributed by atoms with Gasteiger partial charge in [-0.3, -0.25) is 14.6 Å². The normalized spacial score (nSPS) is 17.8. The van der Waals surface area contributed by atoms with E-state index in [1.165, 1.54) is 33.9 Å². The van der Waals surface area contributed by atoms with Gasteiger partial charge in [0.2, 0.25) is 0 Å². The van der Waals surface area contributed by atoms with Crippen molar-refractivity contribution in [2.24, 2.45) is 0 Å². The van der Waals surface area contributed by atoms with Gasteiger partial charge in [-0.2, -0.15) is 0 Å². The van der Waals surface area contributed by atoms with Crippen LogP contribution in [0.25, 0.3) is 0 Å². The lowest BCUT2D eigenvalue weighted by Crippen LogP contribution is -2.56. The molecule has 1 amide bonds. The monoisotopic (exact) mass is 487 g/mol. The van der Waals surface area contributed by atoms with Crippen LogP contribution in [-0.2, 0) is 13.0 Å². The number of hydroxylamine groups is 1. The van der Waals surface area contributed by atoms with Gasteiger partial charge in [-0.15, -0.1) is 4.47 Å². The van der Waals surface area contributed by atoms with Crippen molar-refractivity contribution in [3.05, 3.63) is 53.5 Å². The number of hydrogen-bond donors (Lipinski definition) is 4. The topological polar surface area (TPSA) is 117 Å². The molecule has 1 fully saturated rings. The molecule has 1 unspecified atom stereocenters. The van der Waals surface area contributed by atoms with Gasteiger partial charge in [0, 0.05) is 58.4 Å². The molecule has 1 aromatic carbocycles. The summed E-state index contributed by atoms with van der Waals surface area (Å²) < 4.78 is 1.22. The van der Waals surface area contributed by atoms with Gasteiger partial charge in [0.25, 0.3) is 5.91 Å². The number of likely N-dealkylation sites (tertiary alicyclic amines) is 1. The molecular weight excluding hydrogens is 454 g/mol. The zero-order valence-corrected chi connectivity index (χ0v) is 20.2. The first-order valence-electron chi connectivity index (χ1n) is 11.6. The predicted molar refractivity (Wildman–Crippen MR) is 132 cm³/mol. The number of nitrogens with one attached hydrogen (secondary N) is 2. The van der Waals surface area contributed by atoms with Gasteiger partial charge in [-0.1, -0.05) is 36.2 Å². The van der Waals surface area contributed by atoms with Gasteiger partial charge < -0.3 is 20.9 Å². The summed E-state index contributed by atoms with van der Waals surface area (Å²) in [6, 6.07) is 10.3. The summed E-state index contributed by atoms with van der Waals surface area (Å²) in [5, 5.41) is 26.0. The van der Waals surface area contributed by atoms with E-state index in [1.54, 1.807) is 6.07 Å². The number of aliphatic hydroxyl groups excluding tert-OH is 1. The van der Waals surface area contributed by atoms with E-state index in [0.29, 0.717) is 18.9 Å². The third-order valence-electron chi connectivity index (χ3n) is 6.20. The maximum Gasteiger partial charge on any atom is 0.270 e. The number of rotatable bonds is 11. The van der Waals surface area contributed by atoms with Crippen molar-refractivity contribution >= 4 is 23.7 Å². The highest BCUT2D eigenvalue weighted by Gasteiger charge is 2.27. The average molecular weight is 488 g/mol. The van der Waals surface area contributed by atoms with Gasteiger partial charge in [-0.05, 0) is 23.8 Å². The van der Waals surface area contributed by atoms with E-state index in [-0.39, 0.29) is 24.2 Å². The molecule has 10 nitrogen and oxygen atoms in total. The number of β-amino-alcohol motifs (C(OH)–C–C–N with tert-alkyl or cyclic N) is 1. The average Bonchev–Trinajstić information content (AvgIpc) is 2.83. The predicted octanol–water partition coefficient (Wildman–Crippen LogP) is 0.691. The maximum atomic E-state index is 12.6. The fraction of sp³-hybridized carbons (Fsp3) is 0.522. The van der Waals surface area contributed by atoms with E-state index < -0.39 is 6.10 Å². The fourth-order valence-corrected chi connectivity index (χ4v) is 4.57. The Hall–Kier alpha value is -2.28. The van der Waals surface area contributed by atoms with E-state index >= 15 is 0 Å². The number of anilines is 1. The zero-order valence-electron chi connectivity index (χ0n) is 19.4.